The van der Waals surface area contributed by atoms with Crippen molar-refractivity contribution in [3.8, 4) is 0 Å². The van der Waals surface area contributed by atoms with Crippen molar-refractivity contribution in [2.45, 2.75) is 52.1 Å². The van der Waals surface area contributed by atoms with Gasteiger partial charge in [0.25, 0.3) is 5.91 Å². The summed E-state index contributed by atoms with van der Waals surface area (Å²) in [5.74, 6) is 0.585. The molecule has 1 amide bonds. The molecule has 0 radical (unpaired) electrons. The van der Waals surface area contributed by atoms with E-state index in [0.29, 0.717) is 11.5 Å². The molecule has 1 aromatic rings. The van der Waals surface area contributed by atoms with E-state index in [9.17, 15) is 4.79 Å². The monoisotopic (exact) mass is 292 g/mol. The molecule has 5 heteroatoms. The van der Waals surface area contributed by atoms with Gasteiger partial charge in [0, 0.05) is 25.3 Å². The number of carbonyl (C=O) groups is 1. The summed E-state index contributed by atoms with van der Waals surface area (Å²) in [4.78, 5) is 14.7. The fourth-order valence-corrected chi connectivity index (χ4v) is 3.23. The Kier molecular flexibility index (Phi) is 5.39. The maximum atomic E-state index is 12.5. The predicted molar refractivity (Wildman–Crippen MR) is 84.4 cm³/mol. The molecule has 2 unspecified atom stereocenters. The number of amides is 1. The van der Waals surface area contributed by atoms with Crippen LogP contribution in [0.25, 0.3) is 0 Å². The summed E-state index contributed by atoms with van der Waals surface area (Å²) in [5.41, 5.74) is 1.53. The van der Waals surface area contributed by atoms with Gasteiger partial charge in [-0.25, -0.2) is 0 Å². The zero-order chi connectivity index (χ0) is 15.4. The number of carbonyl (C=O) groups excluding carboxylic acids is 1. The van der Waals surface area contributed by atoms with Crippen molar-refractivity contribution in [1.82, 2.24) is 20.0 Å². The fraction of sp³-hybridized carbons (Fsp3) is 0.750. The molecule has 1 fully saturated rings. The summed E-state index contributed by atoms with van der Waals surface area (Å²) in [6, 6.07) is 0.290. The number of nitrogens with one attached hydrogen (secondary N) is 1. The molecule has 0 aromatic carbocycles. The van der Waals surface area contributed by atoms with Gasteiger partial charge in [0.15, 0.2) is 0 Å². The summed E-state index contributed by atoms with van der Waals surface area (Å²) in [6.07, 6.45) is 6.63. The quantitative estimate of drug-likeness (QED) is 0.904. The summed E-state index contributed by atoms with van der Waals surface area (Å²) >= 11 is 0. The Morgan fingerprint density at radius 1 is 1.43 bits per heavy atom. The van der Waals surface area contributed by atoms with E-state index in [1.165, 1.54) is 19.3 Å². The molecular weight excluding hydrogens is 264 g/mol. The SMILES string of the molecule is CCn1cc(C(=O)NC2CCCCC2CN(C)C)c(C)n1. The standard InChI is InChI=1S/C16H28N4O/c1-5-20-11-14(12(2)18-20)16(21)17-15-9-7-6-8-13(15)10-19(3)4/h11,13,15H,5-10H2,1-4H3,(H,17,21). The lowest BCUT2D eigenvalue weighted by Gasteiger charge is -2.33. The van der Waals surface area contributed by atoms with Crippen LogP contribution < -0.4 is 5.32 Å². The number of aryl methyl sites for hydroxylation is 2. The highest BCUT2D eigenvalue weighted by Crippen LogP contribution is 2.25. The molecule has 0 spiro atoms. The second kappa shape index (κ2) is 7.07. The molecule has 5 nitrogen and oxygen atoms in total. The number of rotatable bonds is 5. The van der Waals surface area contributed by atoms with E-state index < -0.39 is 0 Å². The molecule has 1 heterocycles. The van der Waals surface area contributed by atoms with Crippen molar-refractivity contribution in [3.63, 3.8) is 0 Å². The third-order valence-electron chi connectivity index (χ3n) is 4.34. The molecule has 0 bridgehead atoms. The Morgan fingerprint density at radius 2 is 2.14 bits per heavy atom. The van der Waals surface area contributed by atoms with Gasteiger partial charge in [0.1, 0.15) is 0 Å². The van der Waals surface area contributed by atoms with Crippen LogP contribution in [0.4, 0.5) is 0 Å². The lowest BCUT2D eigenvalue weighted by atomic mass is 9.84. The van der Waals surface area contributed by atoms with Crippen LogP contribution in [0.1, 0.15) is 48.7 Å². The lowest BCUT2D eigenvalue weighted by molar-refractivity contribution is 0.0894. The Bertz CT molecular complexity index is 481. The molecule has 1 aliphatic carbocycles. The van der Waals surface area contributed by atoms with Crippen molar-refractivity contribution in [2.75, 3.05) is 20.6 Å². The minimum absolute atomic E-state index is 0.0304. The largest absolute Gasteiger partial charge is 0.349 e. The van der Waals surface area contributed by atoms with Gasteiger partial charge in [-0.3, -0.25) is 9.48 Å². The van der Waals surface area contributed by atoms with Crippen molar-refractivity contribution in [2.24, 2.45) is 5.92 Å². The average molecular weight is 292 g/mol. The second-order valence-corrected chi connectivity index (χ2v) is 6.37. The lowest BCUT2D eigenvalue weighted by Crippen LogP contribution is -2.45. The van der Waals surface area contributed by atoms with Crippen molar-refractivity contribution in [3.05, 3.63) is 17.5 Å². The molecule has 1 aromatic heterocycles. The normalized spacial score (nSPS) is 22.5. The molecule has 1 N–H and O–H groups in total. The van der Waals surface area contributed by atoms with Gasteiger partial charge in [-0.1, -0.05) is 12.8 Å². The molecule has 1 aliphatic rings. The molecule has 21 heavy (non-hydrogen) atoms. The number of hydrogen-bond donors (Lipinski definition) is 1. The zero-order valence-electron chi connectivity index (χ0n) is 13.7. The van der Waals surface area contributed by atoms with E-state index in [1.54, 1.807) is 0 Å². The van der Waals surface area contributed by atoms with E-state index in [1.807, 2.05) is 24.7 Å². The first-order valence-corrected chi connectivity index (χ1v) is 8.01. The fourth-order valence-electron chi connectivity index (χ4n) is 3.23. The van der Waals surface area contributed by atoms with Crippen LogP contribution in [-0.2, 0) is 6.54 Å². The van der Waals surface area contributed by atoms with Crippen LogP contribution in [-0.4, -0.2) is 47.3 Å². The highest BCUT2D eigenvalue weighted by molar-refractivity contribution is 5.95. The predicted octanol–water partition coefficient (Wildman–Crippen LogP) is 2.06. The Balaban J connectivity index is 2.04. The van der Waals surface area contributed by atoms with E-state index in [4.69, 9.17) is 0 Å². The van der Waals surface area contributed by atoms with Gasteiger partial charge in [0.05, 0.1) is 11.3 Å². The number of aromatic nitrogens is 2. The van der Waals surface area contributed by atoms with Crippen LogP contribution in [0, 0.1) is 12.8 Å². The van der Waals surface area contributed by atoms with Crippen LogP contribution >= 0.6 is 0 Å². The van der Waals surface area contributed by atoms with Gasteiger partial charge in [-0.15, -0.1) is 0 Å². The van der Waals surface area contributed by atoms with E-state index in [-0.39, 0.29) is 11.9 Å². The van der Waals surface area contributed by atoms with Gasteiger partial charge < -0.3 is 10.2 Å². The van der Waals surface area contributed by atoms with Crippen molar-refractivity contribution >= 4 is 5.91 Å². The summed E-state index contributed by atoms with van der Waals surface area (Å²) < 4.78 is 1.82. The minimum atomic E-state index is 0.0304. The summed E-state index contributed by atoms with van der Waals surface area (Å²) in [6.45, 7) is 5.76. The molecular formula is C16H28N4O. The van der Waals surface area contributed by atoms with Gasteiger partial charge in [-0.05, 0) is 46.7 Å². The molecule has 0 saturated heterocycles. The van der Waals surface area contributed by atoms with Crippen LogP contribution in [0.15, 0.2) is 6.20 Å². The highest BCUT2D eigenvalue weighted by Gasteiger charge is 2.27. The van der Waals surface area contributed by atoms with E-state index in [0.717, 1.165) is 25.2 Å². The van der Waals surface area contributed by atoms with Crippen molar-refractivity contribution < 1.29 is 4.79 Å². The van der Waals surface area contributed by atoms with E-state index >= 15 is 0 Å². The average Bonchev–Trinajstić information content (AvgIpc) is 2.82. The Labute approximate surface area is 127 Å². The first-order valence-electron chi connectivity index (χ1n) is 8.01. The van der Waals surface area contributed by atoms with Gasteiger partial charge >= 0.3 is 0 Å². The highest BCUT2D eigenvalue weighted by atomic mass is 16.1. The smallest absolute Gasteiger partial charge is 0.254 e. The summed E-state index contributed by atoms with van der Waals surface area (Å²) in [7, 11) is 4.20. The third-order valence-corrected chi connectivity index (χ3v) is 4.34. The Hall–Kier alpha value is -1.36. The zero-order valence-corrected chi connectivity index (χ0v) is 13.7. The topological polar surface area (TPSA) is 50.2 Å². The second-order valence-electron chi connectivity index (χ2n) is 6.37. The van der Waals surface area contributed by atoms with Crippen LogP contribution in [0.3, 0.4) is 0 Å². The molecule has 118 valence electrons. The minimum Gasteiger partial charge on any atom is -0.349 e. The maximum absolute atomic E-state index is 12.5. The maximum Gasteiger partial charge on any atom is 0.254 e. The van der Waals surface area contributed by atoms with Gasteiger partial charge in [-0.2, -0.15) is 5.10 Å². The first-order chi connectivity index (χ1) is 10.0. The van der Waals surface area contributed by atoms with Gasteiger partial charge in [0.2, 0.25) is 0 Å². The third kappa shape index (κ3) is 4.06. The summed E-state index contributed by atoms with van der Waals surface area (Å²) in [5, 5.41) is 7.61. The van der Waals surface area contributed by atoms with E-state index in [2.05, 4.69) is 29.4 Å². The number of hydrogen-bond acceptors (Lipinski definition) is 3. The van der Waals surface area contributed by atoms with Crippen molar-refractivity contribution in [1.29, 1.82) is 0 Å². The molecule has 1 saturated carbocycles. The van der Waals surface area contributed by atoms with Crippen LogP contribution in [0.2, 0.25) is 0 Å². The number of nitrogens with zero attached hydrogens (tertiary/aromatic N) is 3. The molecule has 2 rings (SSSR count). The first kappa shape index (κ1) is 16.0. The molecule has 0 aliphatic heterocycles. The molecule has 2 atom stereocenters. The van der Waals surface area contributed by atoms with Crippen LogP contribution in [0.5, 0.6) is 0 Å². The Morgan fingerprint density at radius 3 is 2.76 bits per heavy atom.